The van der Waals surface area contributed by atoms with Gasteiger partial charge in [0.05, 0.1) is 5.69 Å². The number of amides is 1. The molecule has 27 heavy (non-hydrogen) atoms. The molecule has 0 aliphatic rings. The van der Waals surface area contributed by atoms with Crippen molar-refractivity contribution in [1.29, 1.82) is 0 Å². The van der Waals surface area contributed by atoms with Gasteiger partial charge in [-0.3, -0.25) is 4.79 Å². The summed E-state index contributed by atoms with van der Waals surface area (Å²) in [6, 6.07) is 13.8. The molecule has 0 radical (unpaired) electrons. The fourth-order valence-corrected chi connectivity index (χ4v) is 1.86. The molecule has 7 heteroatoms. The zero-order valence-electron chi connectivity index (χ0n) is 15.6. The average Bonchev–Trinajstić information content (AvgIpc) is 3.14. The largest absolute Gasteiger partial charge is 1.00 e. The maximum absolute atomic E-state index is 13.3. The predicted octanol–water partition coefficient (Wildman–Crippen LogP) is 1.79. The number of nitrogens with zero attached hydrogens (tertiary/aromatic N) is 1. The number of rotatable bonds is 2. The van der Waals surface area contributed by atoms with Crippen molar-refractivity contribution in [2.45, 2.75) is 26.2 Å². The van der Waals surface area contributed by atoms with Gasteiger partial charge in [-0.2, -0.15) is 36.4 Å². The summed E-state index contributed by atoms with van der Waals surface area (Å²) in [7, 11) is 0. The fourth-order valence-electron chi connectivity index (χ4n) is 1.86. The zero-order valence-corrected chi connectivity index (χ0v) is 18.8. The normalized spacial score (nSPS) is 10.3. The molecular weight excluding hydrogens is 377 g/mol. The first-order valence-electron chi connectivity index (χ1n) is 7.83. The third kappa shape index (κ3) is 7.63. The van der Waals surface area contributed by atoms with E-state index in [1.54, 1.807) is 30.3 Å². The van der Waals surface area contributed by atoms with E-state index >= 15 is 0 Å². The summed E-state index contributed by atoms with van der Waals surface area (Å²) in [5.74, 6) is -1.07. The minimum absolute atomic E-state index is 0. The van der Waals surface area contributed by atoms with E-state index < -0.39 is 17.5 Å². The van der Waals surface area contributed by atoms with Gasteiger partial charge in [-0.05, 0) is 23.3 Å². The van der Waals surface area contributed by atoms with Gasteiger partial charge < -0.3 is 9.84 Å². The van der Waals surface area contributed by atoms with Gasteiger partial charge in [0.15, 0.2) is 0 Å². The minimum Gasteiger partial charge on any atom is -0.470 e. The molecule has 0 saturated carbocycles. The Morgan fingerprint density at radius 3 is 2.30 bits per heavy atom. The third-order valence-electron chi connectivity index (χ3n) is 3.29. The van der Waals surface area contributed by atoms with Crippen molar-refractivity contribution >= 4 is 11.6 Å². The van der Waals surface area contributed by atoms with Gasteiger partial charge in [-0.25, -0.2) is 13.9 Å². The van der Waals surface area contributed by atoms with Crippen LogP contribution in [-0.4, -0.2) is 11.1 Å². The topological polar surface area (TPSA) is 55.1 Å². The number of aromatic nitrogens is 1. The van der Waals surface area contributed by atoms with E-state index in [1.165, 1.54) is 6.07 Å². The molecule has 3 aromatic rings. The first-order valence-corrected chi connectivity index (χ1v) is 7.83. The molecule has 0 saturated heterocycles. The van der Waals surface area contributed by atoms with Crippen molar-refractivity contribution in [3.63, 3.8) is 0 Å². The summed E-state index contributed by atoms with van der Waals surface area (Å²) < 4.78 is 30.8. The van der Waals surface area contributed by atoms with E-state index in [1.807, 2.05) is 0 Å². The molecule has 0 aliphatic heterocycles. The van der Waals surface area contributed by atoms with E-state index in [-0.39, 0.29) is 62.5 Å². The molecule has 1 heterocycles. The van der Waals surface area contributed by atoms with Crippen LogP contribution in [0.3, 0.4) is 0 Å². The summed E-state index contributed by atoms with van der Waals surface area (Å²) >= 11 is 0. The smallest absolute Gasteiger partial charge is 0.470 e. The second kappa shape index (κ2) is 10.8. The summed E-state index contributed by atoms with van der Waals surface area (Å²) in [4.78, 5) is 11.7. The summed E-state index contributed by atoms with van der Waals surface area (Å²) in [6.07, 6.45) is 2.62. The van der Waals surface area contributed by atoms with Crippen molar-refractivity contribution in [2.24, 2.45) is 0 Å². The molecule has 0 atom stereocenters. The molecule has 2 aromatic carbocycles. The number of hydrogen-bond donors (Lipinski definition) is 1. The number of carbonyl (C=O) groups excluding carboxylic acids is 1. The predicted molar refractivity (Wildman–Crippen MR) is 93.6 cm³/mol. The van der Waals surface area contributed by atoms with E-state index in [0.717, 1.165) is 11.8 Å². The molecule has 1 amide bonds. The number of nitrogens with one attached hydrogen (secondary N) is 1. The molecule has 0 spiro atoms. The number of benzene rings is 2. The Labute approximate surface area is 199 Å². The van der Waals surface area contributed by atoms with Gasteiger partial charge in [0.25, 0.3) is 0 Å². The average molecular weight is 395 g/mol. The standard InChI is InChI=1S/C13H8F2NO.C7H10NO.K/c14-10-6-7-12(11(15)8-10)16-13(17)9-4-2-1-3-5-9;1-7(2,3)6-4-5-8-9-6;/h2-8H,(H,16,17);4H,1-3H3;/q2*-1;+1. The van der Waals surface area contributed by atoms with Crippen LogP contribution in [0.1, 0.15) is 36.9 Å². The number of carbonyl (C=O) groups is 1. The van der Waals surface area contributed by atoms with Crippen molar-refractivity contribution in [2.75, 3.05) is 5.32 Å². The second-order valence-electron chi connectivity index (χ2n) is 6.44. The Bertz CT molecular complexity index is 848. The van der Waals surface area contributed by atoms with Crippen LogP contribution >= 0.6 is 0 Å². The van der Waals surface area contributed by atoms with E-state index in [4.69, 9.17) is 4.52 Å². The Balaban J connectivity index is 0.000000310. The van der Waals surface area contributed by atoms with Crippen LogP contribution in [-0.2, 0) is 5.41 Å². The molecule has 0 aliphatic carbocycles. The van der Waals surface area contributed by atoms with Crippen LogP contribution in [0.15, 0.2) is 53.1 Å². The molecule has 4 nitrogen and oxygen atoms in total. The van der Waals surface area contributed by atoms with Gasteiger partial charge in [0, 0.05) is 6.07 Å². The van der Waals surface area contributed by atoms with Crippen molar-refractivity contribution in [1.82, 2.24) is 5.16 Å². The van der Waals surface area contributed by atoms with Gasteiger partial charge in [-0.1, -0.05) is 26.3 Å². The van der Waals surface area contributed by atoms with Crippen LogP contribution in [0.4, 0.5) is 14.5 Å². The number of hydrogen-bond acceptors (Lipinski definition) is 3. The fraction of sp³-hybridized carbons (Fsp3) is 0.200. The molecule has 0 unspecified atom stereocenters. The molecule has 1 aromatic heterocycles. The van der Waals surface area contributed by atoms with Crippen LogP contribution in [0, 0.1) is 23.9 Å². The van der Waals surface area contributed by atoms with Gasteiger partial charge in [0.2, 0.25) is 5.91 Å². The Kier molecular flexibility index (Phi) is 9.48. The third-order valence-corrected chi connectivity index (χ3v) is 3.29. The Morgan fingerprint density at radius 1 is 1.15 bits per heavy atom. The van der Waals surface area contributed by atoms with Crippen LogP contribution < -0.4 is 56.7 Å². The molecule has 0 fully saturated rings. The SMILES string of the molecule is CC(C)(C)c1c[c-]no1.O=C(Nc1ccc(F)cc1F)c1cc[c-]cc1.[K+]. The maximum atomic E-state index is 13.3. The van der Waals surface area contributed by atoms with Crippen molar-refractivity contribution in [3.8, 4) is 0 Å². The second-order valence-corrected chi connectivity index (χ2v) is 6.44. The summed E-state index contributed by atoms with van der Waals surface area (Å²) in [5.41, 5.74) is 0.393. The van der Waals surface area contributed by atoms with Crippen LogP contribution in [0.25, 0.3) is 0 Å². The Hall–Kier alpha value is -1.38. The van der Waals surface area contributed by atoms with Gasteiger partial charge in [0.1, 0.15) is 11.6 Å². The van der Waals surface area contributed by atoms with Crippen molar-refractivity contribution in [3.05, 3.63) is 83.8 Å². The van der Waals surface area contributed by atoms with Gasteiger partial charge in [-0.15, -0.1) is 6.20 Å². The molecule has 136 valence electrons. The molecule has 0 bridgehead atoms. The van der Waals surface area contributed by atoms with Crippen LogP contribution in [0.5, 0.6) is 0 Å². The quantitative estimate of drug-likeness (QED) is 0.532. The van der Waals surface area contributed by atoms with E-state index in [2.05, 4.69) is 43.5 Å². The van der Waals surface area contributed by atoms with Gasteiger partial charge >= 0.3 is 51.4 Å². The molecule has 3 rings (SSSR count). The first kappa shape index (κ1) is 23.7. The van der Waals surface area contributed by atoms with E-state index in [0.29, 0.717) is 11.6 Å². The molecular formula is C20H18F2KN2O2-. The Morgan fingerprint density at radius 2 is 1.81 bits per heavy atom. The monoisotopic (exact) mass is 395 g/mol. The number of halogens is 2. The number of anilines is 1. The van der Waals surface area contributed by atoms with Crippen LogP contribution in [0.2, 0.25) is 0 Å². The van der Waals surface area contributed by atoms with Crippen molar-refractivity contribution < 1.29 is 69.5 Å². The summed E-state index contributed by atoms with van der Waals surface area (Å²) in [5, 5.41) is 5.85. The zero-order chi connectivity index (χ0) is 19.2. The molecule has 1 N–H and O–H groups in total. The minimum atomic E-state index is -0.805. The first-order chi connectivity index (χ1) is 12.3. The van der Waals surface area contributed by atoms with E-state index in [9.17, 15) is 13.6 Å². The maximum Gasteiger partial charge on any atom is 1.00 e. The summed E-state index contributed by atoms with van der Waals surface area (Å²) in [6.45, 7) is 6.21.